The maximum atomic E-state index is 13.5. The van der Waals surface area contributed by atoms with Crippen molar-refractivity contribution in [2.24, 2.45) is 0 Å². The zero-order chi connectivity index (χ0) is 15.6. The molecule has 0 saturated carbocycles. The van der Waals surface area contributed by atoms with Crippen molar-refractivity contribution in [1.29, 1.82) is 0 Å². The average Bonchev–Trinajstić information content (AvgIpc) is 2.38. The maximum absolute atomic E-state index is 13.5. The molecule has 0 saturated heterocycles. The summed E-state index contributed by atoms with van der Waals surface area (Å²) in [5.74, 6) is -1.93. The van der Waals surface area contributed by atoms with Gasteiger partial charge in [0.15, 0.2) is 0 Å². The highest BCUT2D eigenvalue weighted by Gasteiger charge is 2.34. The molecule has 7 heteroatoms. The fraction of sp³-hybridized carbons (Fsp3) is 0.143. The normalized spacial score (nSPS) is 11.5. The van der Waals surface area contributed by atoms with E-state index in [1.165, 1.54) is 12.1 Å². The third kappa shape index (κ3) is 3.85. The van der Waals surface area contributed by atoms with Gasteiger partial charge in [0.2, 0.25) is 0 Å². The number of nitrogens with one attached hydrogen (secondary N) is 1. The van der Waals surface area contributed by atoms with E-state index in [1.807, 2.05) is 0 Å². The van der Waals surface area contributed by atoms with Crippen molar-refractivity contribution in [2.45, 2.75) is 12.7 Å². The van der Waals surface area contributed by atoms with Crippen molar-refractivity contribution in [1.82, 2.24) is 0 Å². The monoisotopic (exact) mass is 321 g/mol. The van der Waals surface area contributed by atoms with Crippen molar-refractivity contribution in [2.75, 3.05) is 5.32 Å². The molecule has 112 valence electrons. The van der Waals surface area contributed by atoms with Gasteiger partial charge in [-0.2, -0.15) is 13.2 Å². The molecule has 0 radical (unpaired) electrons. The van der Waals surface area contributed by atoms with Crippen molar-refractivity contribution in [3.63, 3.8) is 0 Å². The first-order chi connectivity index (χ1) is 9.77. The lowest BCUT2D eigenvalue weighted by Gasteiger charge is -2.12. The molecule has 0 aromatic heterocycles. The molecule has 0 amide bonds. The number of halogens is 6. The Bertz CT molecular complexity index is 654. The molecule has 0 bridgehead atoms. The SMILES string of the molecule is Fc1cc(Cl)ccc1CNc1ccc(F)c(C(F)(F)F)c1. The fourth-order valence-electron chi connectivity index (χ4n) is 1.71. The number of anilines is 1. The van der Waals surface area contributed by atoms with Crippen LogP contribution in [-0.2, 0) is 12.7 Å². The van der Waals surface area contributed by atoms with Crippen LogP contribution in [0.1, 0.15) is 11.1 Å². The Morgan fingerprint density at radius 2 is 1.67 bits per heavy atom. The standard InChI is InChI=1S/C14H9ClF5N/c15-9-2-1-8(13(17)5-9)7-21-10-3-4-12(16)11(6-10)14(18,19)20/h1-6,21H,7H2. The minimum atomic E-state index is -4.78. The predicted octanol–water partition coefficient (Wildman–Crippen LogP) is 5.25. The minimum absolute atomic E-state index is 0.0399. The molecule has 0 aliphatic heterocycles. The second kappa shape index (κ2) is 5.89. The zero-order valence-electron chi connectivity index (χ0n) is 10.4. The summed E-state index contributed by atoms with van der Waals surface area (Å²) in [6, 6.07) is 6.49. The van der Waals surface area contributed by atoms with E-state index >= 15 is 0 Å². The van der Waals surface area contributed by atoms with Crippen molar-refractivity contribution < 1.29 is 22.0 Å². The van der Waals surface area contributed by atoms with Gasteiger partial charge in [-0.3, -0.25) is 0 Å². The molecule has 21 heavy (non-hydrogen) atoms. The number of hydrogen-bond donors (Lipinski definition) is 1. The number of benzene rings is 2. The van der Waals surface area contributed by atoms with Crippen LogP contribution >= 0.6 is 11.6 Å². The molecule has 0 aliphatic rings. The van der Waals surface area contributed by atoms with E-state index in [1.54, 1.807) is 0 Å². The highest BCUT2D eigenvalue weighted by molar-refractivity contribution is 6.30. The van der Waals surface area contributed by atoms with Gasteiger partial charge in [-0.25, -0.2) is 8.78 Å². The molecule has 2 aromatic carbocycles. The topological polar surface area (TPSA) is 12.0 Å². The molecule has 1 N–H and O–H groups in total. The average molecular weight is 322 g/mol. The summed E-state index contributed by atoms with van der Waals surface area (Å²) in [7, 11) is 0. The molecule has 0 fully saturated rings. The van der Waals surface area contributed by atoms with Gasteiger partial charge in [0.1, 0.15) is 11.6 Å². The Morgan fingerprint density at radius 3 is 2.29 bits per heavy atom. The van der Waals surface area contributed by atoms with Gasteiger partial charge in [-0.15, -0.1) is 0 Å². The first-order valence-corrected chi connectivity index (χ1v) is 6.20. The summed E-state index contributed by atoms with van der Waals surface area (Å²) in [6.45, 7) is -0.0497. The third-order valence-corrected chi connectivity index (χ3v) is 3.00. The Morgan fingerprint density at radius 1 is 0.952 bits per heavy atom. The molecular formula is C14H9ClF5N. The molecular weight excluding hydrogens is 313 g/mol. The summed E-state index contributed by atoms with van der Waals surface area (Å²) in [5.41, 5.74) is -1.10. The van der Waals surface area contributed by atoms with E-state index in [4.69, 9.17) is 11.6 Å². The quantitative estimate of drug-likeness (QED) is 0.761. The van der Waals surface area contributed by atoms with Gasteiger partial charge in [0.05, 0.1) is 5.56 Å². The van der Waals surface area contributed by atoms with Crippen molar-refractivity contribution in [3.8, 4) is 0 Å². The lowest BCUT2D eigenvalue weighted by Crippen LogP contribution is -2.09. The maximum Gasteiger partial charge on any atom is 0.419 e. The summed E-state index contributed by atoms with van der Waals surface area (Å²) in [6.07, 6.45) is -4.78. The van der Waals surface area contributed by atoms with Crippen LogP contribution in [0.25, 0.3) is 0 Å². The zero-order valence-corrected chi connectivity index (χ0v) is 11.2. The Hall–Kier alpha value is -1.82. The van der Waals surface area contributed by atoms with E-state index in [0.717, 1.165) is 12.1 Å². The molecule has 1 nitrogen and oxygen atoms in total. The number of rotatable bonds is 3. The molecule has 0 heterocycles. The second-order valence-corrected chi connectivity index (χ2v) is 4.72. The fourth-order valence-corrected chi connectivity index (χ4v) is 1.87. The smallest absolute Gasteiger partial charge is 0.381 e. The van der Waals surface area contributed by atoms with Gasteiger partial charge in [-0.05, 0) is 30.3 Å². The van der Waals surface area contributed by atoms with E-state index in [-0.39, 0.29) is 22.8 Å². The van der Waals surface area contributed by atoms with Crippen molar-refractivity contribution >= 4 is 17.3 Å². The Kier molecular flexibility index (Phi) is 4.37. The lowest BCUT2D eigenvalue weighted by atomic mass is 10.1. The van der Waals surface area contributed by atoms with Gasteiger partial charge in [-0.1, -0.05) is 17.7 Å². The largest absolute Gasteiger partial charge is 0.419 e. The van der Waals surface area contributed by atoms with Crippen LogP contribution in [0.5, 0.6) is 0 Å². The summed E-state index contributed by atoms with van der Waals surface area (Å²) >= 11 is 5.60. The van der Waals surface area contributed by atoms with Crippen molar-refractivity contribution in [3.05, 3.63) is 64.2 Å². The van der Waals surface area contributed by atoms with Crippen LogP contribution in [0.4, 0.5) is 27.6 Å². The van der Waals surface area contributed by atoms with Crippen LogP contribution in [0, 0.1) is 11.6 Å². The first-order valence-electron chi connectivity index (χ1n) is 5.82. The summed E-state index contributed by atoms with van der Waals surface area (Å²) < 4.78 is 64.3. The molecule has 0 atom stereocenters. The van der Waals surface area contributed by atoms with Gasteiger partial charge in [0.25, 0.3) is 0 Å². The van der Waals surface area contributed by atoms with Crippen LogP contribution in [0.3, 0.4) is 0 Å². The summed E-state index contributed by atoms with van der Waals surface area (Å²) in [5, 5.41) is 2.83. The first kappa shape index (κ1) is 15.6. The van der Waals surface area contributed by atoms with E-state index in [2.05, 4.69) is 5.32 Å². The van der Waals surface area contributed by atoms with Crippen LogP contribution in [-0.4, -0.2) is 0 Å². The molecule has 0 unspecified atom stereocenters. The highest BCUT2D eigenvalue weighted by atomic mass is 35.5. The number of alkyl halides is 3. The molecule has 2 aromatic rings. The van der Waals surface area contributed by atoms with E-state index < -0.39 is 23.4 Å². The third-order valence-electron chi connectivity index (χ3n) is 2.77. The lowest BCUT2D eigenvalue weighted by molar-refractivity contribution is -0.139. The highest BCUT2D eigenvalue weighted by Crippen LogP contribution is 2.33. The van der Waals surface area contributed by atoms with Gasteiger partial charge < -0.3 is 5.32 Å². The molecule has 2 rings (SSSR count). The summed E-state index contributed by atoms with van der Waals surface area (Å²) in [4.78, 5) is 0. The van der Waals surface area contributed by atoms with E-state index in [9.17, 15) is 22.0 Å². The van der Waals surface area contributed by atoms with Gasteiger partial charge >= 0.3 is 6.18 Å². The molecule has 0 aliphatic carbocycles. The number of hydrogen-bond acceptors (Lipinski definition) is 1. The van der Waals surface area contributed by atoms with E-state index in [0.29, 0.717) is 12.1 Å². The Labute approximate surface area is 122 Å². The predicted molar refractivity (Wildman–Crippen MR) is 70.1 cm³/mol. The van der Waals surface area contributed by atoms with Crippen LogP contribution in [0.15, 0.2) is 36.4 Å². The Balaban J connectivity index is 2.17. The van der Waals surface area contributed by atoms with Crippen LogP contribution < -0.4 is 5.32 Å². The molecule has 0 spiro atoms. The van der Waals surface area contributed by atoms with Crippen LogP contribution in [0.2, 0.25) is 5.02 Å². The van der Waals surface area contributed by atoms with Gasteiger partial charge in [0, 0.05) is 22.8 Å². The minimum Gasteiger partial charge on any atom is -0.381 e. The second-order valence-electron chi connectivity index (χ2n) is 4.28.